The summed E-state index contributed by atoms with van der Waals surface area (Å²) in [6, 6.07) is 8.45. The maximum Gasteiger partial charge on any atom is 0.0420 e. The van der Waals surface area contributed by atoms with Crippen LogP contribution in [0.15, 0.2) is 35.0 Å². The molecule has 1 aromatic carbocycles. The van der Waals surface area contributed by atoms with Gasteiger partial charge < -0.3 is 10.6 Å². The van der Waals surface area contributed by atoms with Gasteiger partial charge in [-0.1, -0.05) is 6.07 Å². The molecule has 0 saturated carbocycles. The molecule has 2 aromatic rings. The van der Waals surface area contributed by atoms with Gasteiger partial charge in [-0.25, -0.2) is 0 Å². The highest BCUT2D eigenvalue weighted by Gasteiger charge is 2.20. The van der Waals surface area contributed by atoms with E-state index in [0.29, 0.717) is 0 Å². The summed E-state index contributed by atoms with van der Waals surface area (Å²) in [5, 5.41) is 4.38. The van der Waals surface area contributed by atoms with Crippen molar-refractivity contribution in [3.63, 3.8) is 0 Å². The Kier molecular flexibility index (Phi) is 2.77. The van der Waals surface area contributed by atoms with Crippen molar-refractivity contribution in [2.45, 2.75) is 12.8 Å². The van der Waals surface area contributed by atoms with Gasteiger partial charge in [-0.2, -0.15) is 11.3 Å². The van der Waals surface area contributed by atoms with E-state index in [-0.39, 0.29) is 0 Å². The van der Waals surface area contributed by atoms with E-state index in [4.69, 9.17) is 5.73 Å². The zero-order valence-corrected chi connectivity index (χ0v) is 10.5. The third-order valence-electron chi connectivity index (χ3n) is 3.41. The second kappa shape index (κ2) is 4.41. The molecule has 0 aliphatic carbocycles. The Balaban J connectivity index is 1.73. The lowest BCUT2D eigenvalue weighted by molar-refractivity contribution is 0.815. The number of rotatable bonds is 3. The van der Waals surface area contributed by atoms with Gasteiger partial charge in [0.05, 0.1) is 0 Å². The van der Waals surface area contributed by atoms with Crippen LogP contribution in [-0.4, -0.2) is 13.1 Å². The summed E-state index contributed by atoms with van der Waals surface area (Å²) in [6.07, 6.45) is 2.21. The summed E-state index contributed by atoms with van der Waals surface area (Å²) in [5.74, 6) is 0. The van der Waals surface area contributed by atoms with E-state index in [2.05, 4.69) is 33.9 Å². The summed E-state index contributed by atoms with van der Waals surface area (Å²) >= 11 is 1.77. The summed E-state index contributed by atoms with van der Waals surface area (Å²) in [5.41, 5.74) is 11.0. The molecule has 1 aliphatic rings. The monoisotopic (exact) mass is 244 g/mol. The van der Waals surface area contributed by atoms with Crippen LogP contribution in [0.25, 0.3) is 0 Å². The number of benzene rings is 1. The lowest BCUT2D eigenvalue weighted by Gasteiger charge is -2.19. The Labute approximate surface area is 106 Å². The van der Waals surface area contributed by atoms with Gasteiger partial charge in [-0.05, 0) is 47.4 Å². The molecule has 0 unspecified atom stereocenters. The molecule has 3 heteroatoms. The van der Waals surface area contributed by atoms with Crippen molar-refractivity contribution in [3.05, 3.63) is 46.2 Å². The number of nitrogens with two attached hydrogens (primary N) is 1. The maximum atomic E-state index is 6.00. The molecule has 3 rings (SSSR count). The SMILES string of the molecule is Nc1cccc2c1CCN2CCc1ccsc1. The largest absolute Gasteiger partial charge is 0.398 e. The Morgan fingerprint density at radius 2 is 2.24 bits per heavy atom. The van der Waals surface area contributed by atoms with Crippen molar-refractivity contribution in [3.8, 4) is 0 Å². The number of thiophene rings is 1. The van der Waals surface area contributed by atoms with Crippen LogP contribution in [0.5, 0.6) is 0 Å². The van der Waals surface area contributed by atoms with E-state index in [1.807, 2.05) is 6.07 Å². The zero-order chi connectivity index (χ0) is 11.7. The average Bonchev–Trinajstić information content (AvgIpc) is 2.95. The fourth-order valence-electron chi connectivity index (χ4n) is 2.46. The number of fused-ring (bicyclic) bond motifs is 1. The van der Waals surface area contributed by atoms with E-state index in [9.17, 15) is 0 Å². The van der Waals surface area contributed by atoms with Gasteiger partial charge in [0.2, 0.25) is 0 Å². The Morgan fingerprint density at radius 3 is 3.06 bits per heavy atom. The Bertz CT molecular complexity index is 505. The van der Waals surface area contributed by atoms with Crippen molar-refractivity contribution in [2.75, 3.05) is 23.7 Å². The first kappa shape index (κ1) is 10.7. The van der Waals surface area contributed by atoms with Crippen LogP contribution in [-0.2, 0) is 12.8 Å². The van der Waals surface area contributed by atoms with E-state index in [1.165, 1.54) is 16.8 Å². The number of hydrogen-bond acceptors (Lipinski definition) is 3. The second-order valence-corrected chi connectivity index (χ2v) is 5.24. The Morgan fingerprint density at radius 1 is 1.29 bits per heavy atom. The van der Waals surface area contributed by atoms with Gasteiger partial charge in [0.15, 0.2) is 0 Å². The van der Waals surface area contributed by atoms with Crippen LogP contribution >= 0.6 is 11.3 Å². The quantitative estimate of drug-likeness (QED) is 0.841. The summed E-state index contributed by atoms with van der Waals surface area (Å²) < 4.78 is 0. The highest BCUT2D eigenvalue weighted by molar-refractivity contribution is 7.07. The fraction of sp³-hybridized carbons (Fsp3) is 0.286. The lowest BCUT2D eigenvalue weighted by Crippen LogP contribution is -2.23. The van der Waals surface area contributed by atoms with E-state index < -0.39 is 0 Å². The van der Waals surface area contributed by atoms with Crippen LogP contribution in [0.3, 0.4) is 0 Å². The molecular formula is C14H16N2S. The standard InChI is InChI=1S/C14H16N2S/c15-13-2-1-3-14-12(13)5-8-16(14)7-4-11-6-9-17-10-11/h1-3,6,9-10H,4-5,7-8,15H2. The molecule has 0 radical (unpaired) electrons. The predicted octanol–water partition coefficient (Wildman–Crippen LogP) is 2.94. The first-order valence-corrected chi connectivity index (χ1v) is 6.92. The van der Waals surface area contributed by atoms with Gasteiger partial charge in [0, 0.05) is 30.0 Å². The van der Waals surface area contributed by atoms with Crippen molar-refractivity contribution in [1.29, 1.82) is 0 Å². The molecule has 1 aliphatic heterocycles. The molecular weight excluding hydrogens is 228 g/mol. The first-order chi connectivity index (χ1) is 8.34. The number of hydrogen-bond donors (Lipinski definition) is 1. The van der Waals surface area contributed by atoms with Gasteiger partial charge in [-0.3, -0.25) is 0 Å². The van der Waals surface area contributed by atoms with Crippen molar-refractivity contribution in [1.82, 2.24) is 0 Å². The highest BCUT2D eigenvalue weighted by Crippen LogP contribution is 2.31. The van der Waals surface area contributed by atoms with Gasteiger partial charge >= 0.3 is 0 Å². The van der Waals surface area contributed by atoms with Crippen LogP contribution in [0.1, 0.15) is 11.1 Å². The molecule has 2 heterocycles. The number of nitrogen functional groups attached to an aromatic ring is 1. The van der Waals surface area contributed by atoms with Crippen molar-refractivity contribution < 1.29 is 0 Å². The molecule has 0 saturated heterocycles. The van der Waals surface area contributed by atoms with Crippen LogP contribution in [0.2, 0.25) is 0 Å². The normalized spacial score (nSPS) is 14.0. The molecule has 0 atom stereocenters. The fourth-order valence-corrected chi connectivity index (χ4v) is 3.16. The molecule has 17 heavy (non-hydrogen) atoms. The summed E-state index contributed by atoms with van der Waals surface area (Å²) in [6.45, 7) is 2.20. The van der Waals surface area contributed by atoms with Crippen molar-refractivity contribution >= 4 is 22.7 Å². The minimum Gasteiger partial charge on any atom is -0.398 e. The van der Waals surface area contributed by atoms with Crippen molar-refractivity contribution in [2.24, 2.45) is 0 Å². The van der Waals surface area contributed by atoms with E-state index in [0.717, 1.165) is 31.6 Å². The van der Waals surface area contributed by atoms with Gasteiger partial charge in [-0.15, -0.1) is 0 Å². The molecule has 0 bridgehead atoms. The van der Waals surface area contributed by atoms with E-state index >= 15 is 0 Å². The van der Waals surface area contributed by atoms with E-state index in [1.54, 1.807) is 11.3 Å². The predicted molar refractivity (Wildman–Crippen MR) is 74.8 cm³/mol. The van der Waals surface area contributed by atoms with Crippen LogP contribution in [0, 0.1) is 0 Å². The first-order valence-electron chi connectivity index (χ1n) is 5.98. The van der Waals surface area contributed by atoms with Gasteiger partial charge in [0.25, 0.3) is 0 Å². The third-order valence-corrected chi connectivity index (χ3v) is 4.14. The zero-order valence-electron chi connectivity index (χ0n) is 9.73. The maximum absolute atomic E-state index is 6.00. The lowest BCUT2D eigenvalue weighted by atomic mass is 10.1. The molecule has 2 N–H and O–H groups in total. The molecule has 1 aromatic heterocycles. The molecule has 2 nitrogen and oxygen atoms in total. The minimum atomic E-state index is 0.945. The van der Waals surface area contributed by atoms with Crippen LogP contribution < -0.4 is 10.6 Å². The molecule has 0 amide bonds. The van der Waals surface area contributed by atoms with Crippen LogP contribution in [0.4, 0.5) is 11.4 Å². The topological polar surface area (TPSA) is 29.3 Å². The second-order valence-electron chi connectivity index (χ2n) is 4.46. The minimum absolute atomic E-state index is 0.945. The number of nitrogens with zero attached hydrogens (tertiary/aromatic N) is 1. The molecule has 88 valence electrons. The Hall–Kier alpha value is -1.48. The molecule has 0 fully saturated rings. The summed E-state index contributed by atoms with van der Waals surface area (Å²) in [7, 11) is 0. The smallest absolute Gasteiger partial charge is 0.0420 e. The highest BCUT2D eigenvalue weighted by atomic mass is 32.1. The average molecular weight is 244 g/mol. The van der Waals surface area contributed by atoms with Gasteiger partial charge in [0.1, 0.15) is 0 Å². The summed E-state index contributed by atoms with van der Waals surface area (Å²) in [4.78, 5) is 2.45. The third kappa shape index (κ3) is 2.03. The molecule has 0 spiro atoms. The number of anilines is 2.